The molecule has 0 saturated carbocycles. The summed E-state index contributed by atoms with van der Waals surface area (Å²) in [5.74, 6) is 0. The molecular weight excluding hydrogens is 364 g/mol. The van der Waals surface area contributed by atoms with Crippen molar-refractivity contribution in [3.05, 3.63) is 66.0 Å². The zero-order chi connectivity index (χ0) is 20.4. The van der Waals surface area contributed by atoms with Crippen molar-refractivity contribution < 1.29 is 9.53 Å². The Morgan fingerprint density at radius 3 is 2.39 bits per heavy atom. The highest BCUT2D eigenvalue weighted by atomic mass is 28.4. The first-order chi connectivity index (χ1) is 13.2. The second kappa shape index (κ2) is 8.45. The first-order valence-corrected chi connectivity index (χ1v) is 13.1. The monoisotopic (exact) mass is 398 g/mol. The van der Waals surface area contributed by atoms with Crippen LogP contribution in [0, 0.1) is 0 Å². The van der Waals surface area contributed by atoms with Crippen molar-refractivity contribution in [3.8, 4) is 0 Å². The summed E-state index contributed by atoms with van der Waals surface area (Å²) >= 11 is 0. The second-order valence-electron chi connectivity index (χ2n) is 9.44. The summed E-state index contributed by atoms with van der Waals surface area (Å²) in [6, 6.07) is 14.3. The molecule has 4 nitrogen and oxygen atoms in total. The minimum atomic E-state index is -1.85. The van der Waals surface area contributed by atoms with E-state index in [9.17, 15) is 5.11 Å². The molecule has 28 heavy (non-hydrogen) atoms. The Balaban J connectivity index is 1.80. The Kier molecular flexibility index (Phi) is 6.40. The maximum absolute atomic E-state index is 11.1. The van der Waals surface area contributed by atoms with Gasteiger partial charge in [0.1, 0.15) is 0 Å². The number of likely N-dealkylation sites (tertiary alicyclic amines) is 1. The average Bonchev–Trinajstić information content (AvgIpc) is 3.03. The van der Waals surface area contributed by atoms with Gasteiger partial charge in [0, 0.05) is 31.5 Å². The van der Waals surface area contributed by atoms with Gasteiger partial charge in [-0.2, -0.15) is 0 Å². The highest BCUT2D eigenvalue weighted by molar-refractivity contribution is 6.74. The van der Waals surface area contributed by atoms with Gasteiger partial charge < -0.3 is 9.53 Å². The van der Waals surface area contributed by atoms with Crippen LogP contribution in [0.5, 0.6) is 0 Å². The summed E-state index contributed by atoms with van der Waals surface area (Å²) < 4.78 is 6.72. The van der Waals surface area contributed by atoms with Gasteiger partial charge in [-0.15, -0.1) is 0 Å². The van der Waals surface area contributed by atoms with Gasteiger partial charge >= 0.3 is 0 Å². The van der Waals surface area contributed by atoms with Crippen molar-refractivity contribution in [2.24, 2.45) is 0 Å². The molecule has 0 radical (unpaired) electrons. The van der Waals surface area contributed by atoms with Crippen molar-refractivity contribution in [2.45, 2.75) is 70.1 Å². The number of nitrogens with zero attached hydrogens (tertiary/aromatic N) is 2. The summed E-state index contributed by atoms with van der Waals surface area (Å²) in [7, 11) is -1.85. The molecule has 3 rings (SSSR count). The van der Waals surface area contributed by atoms with Crippen molar-refractivity contribution in [2.75, 3.05) is 6.54 Å². The number of hydrogen-bond donors (Lipinski definition) is 1. The quantitative estimate of drug-likeness (QED) is 0.711. The fourth-order valence-corrected chi connectivity index (χ4v) is 5.04. The van der Waals surface area contributed by atoms with Crippen LogP contribution in [0.25, 0.3) is 0 Å². The Hall–Kier alpha value is -1.53. The largest absolute Gasteiger partial charge is 0.413 e. The number of rotatable bonds is 6. The molecule has 2 heterocycles. The maximum atomic E-state index is 11.1. The van der Waals surface area contributed by atoms with Gasteiger partial charge in [-0.25, -0.2) is 0 Å². The number of pyridine rings is 1. The van der Waals surface area contributed by atoms with E-state index in [1.807, 2.05) is 18.2 Å². The van der Waals surface area contributed by atoms with E-state index in [-0.39, 0.29) is 17.2 Å². The Morgan fingerprint density at radius 1 is 1.14 bits per heavy atom. The molecule has 1 aromatic carbocycles. The van der Waals surface area contributed by atoms with E-state index < -0.39 is 14.4 Å². The topological polar surface area (TPSA) is 45.6 Å². The van der Waals surface area contributed by atoms with Crippen LogP contribution in [-0.2, 0) is 11.0 Å². The lowest BCUT2D eigenvalue weighted by atomic mass is 10.0. The molecule has 1 N–H and O–H groups in total. The summed E-state index contributed by atoms with van der Waals surface area (Å²) in [5.41, 5.74) is 2.19. The van der Waals surface area contributed by atoms with E-state index in [1.165, 1.54) is 5.56 Å². The third-order valence-electron chi connectivity index (χ3n) is 6.32. The van der Waals surface area contributed by atoms with Crippen LogP contribution in [0.3, 0.4) is 0 Å². The van der Waals surface area contributed by atoms with Crippen molar-refractivity contribution in [1.29, 1.82) is 0 Å². The summed E-state index contributed by atoms with van der Waals surface area (Å²) in [6.45, 7) is 13.1. The molecule has 5 heteroatoms. The minimum Gasteiger partial charge on any atom is -0.413 e. The van der Waals surface area contributed by atoms with Crippen LogP contribution >= 0.6 is 0 Å². The Labute approximate surface area is 170 Å². The van der Waals surface area contributed by atoms with E-state index in [1.54, 1.807) is 12.4 Å². The van der Waals surface area contributed by atoms with Gasteiger partial charge in [0.25, 0.3) is 0 Å². The van der Waals surface area contributed by atoms with Crippen molar-refractivity contribution >= 4 is 8.32 Å². The highest BCUT2D eigenvalue weighted by Crippen LogP contribution is 2.40. The molecule has 2 aromatic rings. The molecule has 0 amide bonds. The fraction of sp³-hybridized carbons (Fsp3) is 0.522. The molecule has 0 spiro atoms. The molecule has 0 bridgehead atoms. The third-order valence-corrected chi connectivity index (χ3v) is 10.9. The zero-order valence-corrected chi connectivity index (χ0v) is 18.8. The van der Waals surface area contributed by atoms with Crippen LogP contribution in [0.1, 0.15) is 44.4 Å². The lowest BCUT2D eigenvalue weighted by molar-refractivity contribution is 0.0687. The van der Waals surface area contributed by atoms with Crippen molar-refractivity contribution in [1.82, 2.24) is 9.88 Å². The minimum absolute atomic E-state index is 0.0392. The van der Waals surface area contributed by atoms with Gasteiger partial charge in [-0.1, -0.05) is 51.1 Å². The van der Waals surface area contributed by atoms with E-state index in [2.05, 4.69) is 68.0 Å². The highest BCUT2D eigenvalue weighted by Gasteiger charge is 2.44. The predicted octanol–water partition coefficient (Wildman–Crippen LogP) is 4.78. The summed E-state index contributed by atoms with van der Waals surface area (Å²) in [6.07, 6.45) is 3.96. The van der Waals surface area contributed by atoms with Crippen LogP contribution in [0.2, 0.25) is 18.1 Å². The Bertz CT molecular complexity index is 746. The number of benzene rings is 1. The SMILES string of the molecule is CC(C)(C)[Si](C)(C)O[C@@H]1C[C@@H]([C@@H](O)c2ccncc2)N(Cc2ccccc2)C1. The molecule has 3 atom stereocenters. The van der Waals surface area contributed by atoms with Gasteiger partial charge in [0.05, 0.1) is 12.2 Å². The molecule has 1 fully saturated rings. The zero-order valence-electron chi connectivity index (χ0n) is 17.8. The average molecular weight is 399 g/mol. The van der Waals surface area contributed by atoms with Gasteiger partial charge in [0.2, 0.25) is 0 Å². The lowest BCUT2D eigenvalue weighted by Gasteiger charge is -2.38. The molecule has 1 aliphatic rings. The molecule has 1 aromatic heterocycles. The second-order valence-corrected chi connectivity index (χ2v) is 14.2. The van der Waals surface area contributed by atoms with Crippen LogP contribution in [0.15, 0.2) is 54.9 Å². The molecule has 152 valence electrons. The molecule has 1 aliphatic heterocycles. The molecule has 1 saturated heterocycles. The van der Waals surface area contributed by atoms with Gasteiger partial charge in [0.15, 0.2) is 8.32 Å². The Morgan fingerprint density at radius 2 is 1.79 bits per heavy atom. The van der Waals surface area contributed by atoms with Gasteiger partial charge in [-0.05, 0) is 47.8 Å². The standard InChI is InChI=1S/C23H34N2O2Si/c1-23(2,3)28(4,5)27-20-15-21(22(26)19-11-13-24-14-12-19)25(17-20)16-18-9-7-6-8-10-18/h6-14,20-22,26H,15-17H2,1-5H3/t20-,21+,22+/m1/s1. The number of aliphatic hydroxyl groups excluding tert-OH is 1. The molecule has 0 aliphatic carbocycles. The van der Waals surface area contributed by atoms with E-state index in [0.29, 0.717) is 0 Å². The molecular formula is C23H34N2O2Si. The van der Waals surface area contributed by atoms with Crippen LogP contribution < -0.4 is 0 Å². The third kappa shape index (κ3) is 4.89. The van der Waals surface area contributed by atoms with Crippen LogP contribution in [0.4, 0.5) is 0 Å². The predicted molar refractivity (Wildman–Crippen MR) is 117 cm³/mol. The van der Waals surface area contributed by atoms with Crippen LogP contribution in [-0.4, -0.2) is 42.0 Å². The van der Waals surface area contributed by atoms with Gasteiger partial charge in [-0.3, -0.25) is 9.88 Å². The van der Waals surface area contributed by atoms with Crippen molar-refractivity contribution in [3.63, 3.8) is 0 Å². The van der Waals surface area contributed by atoms with E-state index in [4.69, 9.17) is 4.43 Å². The summed E-state index contributed by atoms with van der Waals surface area (Å²) in [5, 5.41) is 11.3. The normalized spacial score (nSPS) is 22.4. The summed E-state index contributed by atoms with van der Waals surface area (Å²) in [4.78, 5) is 6.47. The first kappa shape index (κ1) is 21.2. The van der Waals surface area contributed by atoms with E-state index >= 15 is 0 Å². The van der Waals surface area contributed by atoms with E-state index in [0.717, 1.165) is 25.1 Å². The number of aliphatic hydroxyl groups is 1. The number of hydrogen-bond acceptors (Lipinski definition) is 4. The number of aromatic nitrogens is 1. The fourth-order valence-electron chi connectivity index (χ4n) is 3.68. The lowest BCUT2D eigenvalue weighted by Crippen LogP contribution is -2.44. The molecule has 0 unspecified atom stereocenters. The smallest absolute Gasteiger partial charge is 0.192 e. The first-order valence-electron chi connectivity index (χ1n) is 10.2. The maximum Gasteiger partial charge on any atom is 0.192 e.